The van der Waals surface area contributed by atoms with Crippen molar-refractivity contribution in [1.29, 1.82) is 0 Å². The third-order valence-electron chi connectivity index (χ3n) is 9.14. The van der Waals surface area contributed by atoms with Gasteiger partial charge in [-0.3, -0.25) is 14.4 Å². The van der Waals surface area contributed by atoms with E-state index in [1.165, 1.54) is 24.3 Å². The van der Waals surface area contributed by atoms with Gasteiger partial charge in [-0.2, -0.15) is 11.8 Å². The summed E-state index contributed by atoms with van der Waals surface area (Å²) in [6, 6.07) is 0. The topological polar surface area (TPSA) is 80.7 Å². The SMILES string of the molecule is CSCC(=O)O[C@]1(C(C)=O)CC[C@H]2[C@@H]3CCC4=CC(=O)CC[C@]4(C)[C@H]3[C@@H](O)C[C@@]21C. The lowest BCUT2D eigenvalue weighted by molar-refractivity contribution is -0.198. The van der Waals surface area contributed by atoms with E-state index >= 15 is 0 Å². The van der Waals surface area contributed by atoms with Gasteiger partial charge in [0.1, 0.15) is 0 Å². The Kier molecular flexibility index (Phi) is 5.50. The minimum absolute atomic E-state index is 0.0910. The molecule has 0 aromatic carbocycles. The lowest BCUT2D eigenvalue weighted by Crippen LogP contribution is -2.62. The number of aliphatic hydroxyl groups is 1. The van der Waals surface area contributed by atoms with Gasteiger partial charge < -0.3 is 9.84 Å². The number of carbonyl (C=O) groups is 3. The van der Waals surface area contributed by atoms with E-state index in [1.807, 2.05) is 12.3 Å². The molecule has 0 radical (unpaired) electrons. The predicted molar refractivity (Wildman–Crippen MR) is 116 cm³/mol. The van der Waals surface area contributed by atoms with Crippen LogP contribution in [0.3, 0.4) is 0 Å². The van der Waals surface area contributed by atoms with Gasteiger partial charge in [-0.1, -0.05) is 19.4 Å². The van der Waals surface area contributed by atoms with Crippen LogP contribution in [0.15, 0.2) is 11.6 Å². The maximum absolute atomic E-state index is 12.9. The molecule has 0 unspecified atom stereocenters. The Bertz CT molecular complexity index is 805. The predicted octanol–water partition coefficient (Wildman–Crippen LogP) is 3.72. The Labute approximate surface area is 183 Å². The molecule has 4 aliphatic rings. The first kappa shape index (κ1) is 22.1. The minimum Gasteiger partial charge on any atom is -0.450 e. The smallest absolute Gasteiger partial charge is 0.316 e. The highest BCUT2D eigenvalue weighted by atomic mass is 32.2. The number of aliphatic hydroxyl groups excluding tert-OH is 1. The lowest BCUT2D eigenvalue weighted by atomic mass is 9.45. The summed E-state index contributed by atoms with van der Waals surface area (Å²) < 4.78 is 5.97. The van der Waals surface area contributed by atoms with Crippen molar-refractivity contribution in [2.24, 2.45) is 28.6 Å². The number of Topliss-reactive ketones (excluding diaryl/α,β-unsaturated/α-hetero) is 1. The van der Waals surface area contributed by atoms with Crippen LogP contribution in [0.25, 0.3) is 0 Å². The molecule has 0 bridgehead atoms. The zero-order valence-electron chi connectivity index (χ0n) is 18.5. The molecule has 6 heteroatoms. The number of hydrogen-bond acceptors (Lipinski definition) is 6. The molecular weight excluding hydrogens is 400 g/mol. The fourth-order valence-corrected chi connectivity index (χ4v) is 8.13. The van der Waals surface area contributed by atoms with Crippen molar-refractivity contribution in [3.8, 4) is 0 Å². The fourth-order valence-electron chi connectivity index (χ4n) is 7.83. The number of ketones is 2. The standard InChI is InChI=1S/C24H34O5S/c1-14(25)24(29-20(28)13-30-4)10-8-18-17-6-5-15-11-16(26)7-9-22(15,2)21(17)19(27)12-23(18,24)3/h11,17-19,21,27H,5-10,12-13H2,1-4H3/t17-,18-,19-,21+,22-,23-,24-/m0/s1. The van der Waals surface area contributed by atoms with Gasteiger partial charge in [0.25, 0.3) is 0 Å². The highest BCUT2D eigenvalue weighted by Gasteiger charge is 2.69. The summed E-state index contributed by atoms with van der Waals surface area (Å²) in [6.45, 7) is 5.82. The molecule has 166 valence electrons. The van der Waals surface area contributed by atoms with Gasteiger partial charge in [0, 0.05) is 11.8 Å². The Morgan fingerprint density at radius 3 is 2.63 bits per heavy atom. The van der Waals surface area contributed by atoms with Crippen LogP contribution in [0.1, 0.15) is 65.7 Å². The van der Waals surface area contributed by atoms with Crippen molar-refractivity contribution in [2.45, 2.75) is 77.4 Å². The molecule has 30 heavy (non-hydrogen) atoms. The van der Waals surface area contributed by atoms with E-state index in [0.29, 0.717) is 19.3 Å². The van der Waals surface area contributed by atoms with Crippen LogP contribution < -0.4 is 0 Å². The monoisotopic (exact) mass is 434 g/mol. The van der Waals surface area contributed by atoms with Gasteiger partial charge >= 0.3 is 5.97 Å². The number of rotatable bonds is 4. The molecule has 3 saturated carbocycles. The summed E-state index contributed by atoms with van der Waals surface area (Å²) in [4.78, 5) is 37.4. The molecule has 4 rings (SSSR count). The van der Waals surface area contributed by atoms with E-state index in [4.69, 9.17) is 4.74 Å². The lowest BCUT2D eigenvalue weighted by Gasteiger charge is -2.60. The summed E-state index contributed by atoms with van der Waals surface area (Å²) in [7, 11) is 0. The van der Waals surface area contributed by atoms with Crippen LogP contribution in [-0.4, -0.2) is 46.4 Å². The van der Waals surface area contributed by atoms with E-state index in [9.17, 15) is 19.5 Å². The Hall–Kier alpha value is -1.14. The highest BCUT2D eigenvalue weighted by Crippen LogP contribution is 2.68. The summed E-state index contributed by atoms with van der Waals surface area (Å²) in [5.74, 6) is 0.579. The van der Waals surface area contributed by atoms with E-state index in [1.54, 1.807) is 0 Å². The average molecular weight is 435 g/mol. The quantitative estimate of drug-likeness (QED) is 0.679. The second-order valence-corrected chi connectivity index (χ2v) is 11.3. The third-order valence-corrected chi connectivity index (χ3v) is 9.66. The number of fused-ring (bicyclic) bond motifs is 5. The highest BCUT2D eigenvalue weighted by molar-refractivity contribution is 7.99. The minimum atomic E-state index is -1.14. The van der Waals surface area contributed by atoms with Crippen molar-refractivity contribution >= 4 is 29.3 Å². The van der Waals surface area contributed by atoms with Crippen molar-refractivity contribution in [3.05, 3.63) is 11.6 Å². The molecule has 0 aromatic rings. The van der Waals surface area contributed by atoms with Crippen molar-refractivity contribution in [1.82, 2.24) is 0 Å². The molecule has 0 aromatic heterocycles. The molecule has 4 aliphatic carbocycles. The zero-order valence-corrected chi connectivity index (χ0v) is 19.3. The second kappa shape index (κ2) is 7.47. The van der Waals surface area contributed by atoms with Gasteiger partial charge in [-0.05, 0) is 80.9 Å². The average Bonchev–Trinajstić information content (AvgIpc) is 2.95. The van der Waals surface area contributed by atoms with Gasteiger partial charge in [0.05, 0.1) is 11.9 Å². The van der Waals surface area contributed by atoms with Crippen LogP contribution >= 0.6 is 11.8 Å². The third kappa shape index (κ3) is 2.96. The Balaban J connectivity index is 1.71. The first-order valence-electron chi connectivity index (χ1n) is 11.2. The number of carbonyl (C=O) groups excluding carboxylic acids is 3. The zero-order chi connectivity index (χ0) is 21.9. The Morgan fingerprint density at radius 1 is 1.23 bits per heavy atom. The first-order valence-corrected chi connectivity index (χ1v) is 12.6. The number of ether oxygens (including phenoxy) is 1. The first-order chi connectivity index (χ1) is 14.1. The van der Waals surface area contributed by atoms with Crippen molar-refractivity contribution in [3.63, 3.8) is 0 Å². The molecule has 7 atom stereocenters. The molecule has 0 heterocycles. The van der Waals surface area contributed by atoms with Gasteiger partial charge in [-0.15, -0.1) is 0 Å². The molecule has 0 aliphatic heterocycles. The normalized spacial score (nSPS) is 45.1. The van der Waals surface area contributed by atoms with Crippen molar-refractivity contribution in [2.75, 3.05) is 12.0 Å². The van der Waals surface area contributed by atoms with Crippen LogP contribution in [0.4, 0.5) is 0 Å². The molecule has 5 nitrogen and oxygen atoms in total. The molecule has 3 fully saturated rings. The number of esters is 1. The van der Waals surface area contributed by atoms with Gasteiger partial charge in [-0.25, -0.2) is 0 Å². The molecule has 0 amide bonds. The maximum atomic E-state index is 12.9. The maximum Gasteiger partial charge on any atom is 0.316 e. The van der Waals surface area contributed by atoms with Crippen LogP contribution in [-0.2, 0) is 19.1 Å². The summed E-state index contributed by atoms with van der Waals surface area (Å²) in [5.41, 5.74) is -0.662. The summed E-state index contributed by atoms with van der Waals surface area (Å²) in [5, 5.41) is 11.5. The molecule has 0 spiro atoms. The van der Waals surface area contributed by atoms with E-state index in [0.717, 1.165) is 25.7 Å². The molecular formula is C24H34O5S. The van der Waals surface area contributed by atoms with Crippen molar-refractivity contribution < 1.29 is 24.2 Å². The summed E-state index contributed by atoms with van der Waals surface area (Å²) >= 11 is 1.39. The fraction of sp³-hybridized carbons (Fsp3) is 0.792. The van der Waals surface area contributed by atoms with E-state index in [2.05, 4.69) is 13.8 Å². The van der Waals surface area contributed by atoms with E-state index in [-0.39, 0.29) is 46.5 Å². The van der Waals surface area contributed by atoms with Crippen LogP contribution in [0.2, 0.25) is 0 Å². The largest absolute Gasteiger partial charge is 0.450 e. The van der Waals surface area contributed by atoms with Crippen LogP contribution in [0.5, 0.6) is 0 Å². The van der Waals surface area contributed by atoms with Crippen LogP contribution in [0, 0.1) is 28.6 Å². The Morgan fingerprint density at radius 2 is 1.97 bits per heavy atom. The second-order valence-electron chi connectivity index (χ2n) is 10.4. The molecule has 1 N–H and O–H groups in total. The number of hydrogen-bond donors (Lipinski definition) is 1. The summed E-state index contributed by atoms with van der Waals surface area (Å²) in [6.07, 6.45) is 8.07. The number of allylic oxidation sites excluding steroid dienone is 1. The molecule has 0 saturated heterocycles. The number of thioether (sulfide) groups is 1. The van der Waals surface area contributed by atoms with Gasteiger partial charge in [0.2, 0.25) is 0 Å². The van der Waals surface area contributed by atoms with E-state index < -0.39 is 17.1 Å². The van der Waals surface area contributed by atoms with Gasteiger partial charge in [0.15, 0.2) is 17.2 Å².